The van der Waals surface area contributed by atoms with Gasteiger partial charge < -0.3 is 9.26 Å². The van der Waals surface area contributed by atoms with Crippen molar-refractivity contribution in [3.05, 3.63) is 46.1 Å². The van der Waals surface area contributed by atoms with Crippen LogP contribution < -0.4 is 4.74 Å². The number of ether oxygens (including phenoxy) is 1. The third kappa shape index (κ3) is 4.59. The van der Waals surface area contributed by atoms with E-state index in [-0.39, 0.29) is 6.10 Å². The van der Waals surface area contributed by atoms with Gasteiger partial charge >= 0.3 is 0 Å². The molecule has 1 aliphatic rings. The van der Waals surface area contributed by atoms with Gasteiger partial charge in [0.15, 0.2) is 0 Å². The quantitative estimate of drug-likeness (QED) is 0.567. The van der Waals surface area contributed by atoms with Crippen molar-refractivity contribution in [3.8, 4) is 17.3 Å². The lowest BCUT2D eigenvalue weighted by molar-refractivity contribution is 0.149. The Labute approximate surface area is 169 Å². The molecule has 1 saturated carbocycles. The van der Waals surface area contributed by atoms with Gasteiger partial charge in [-0.2, -0.15) is 4.98 Å². The summed E-state index contributed by atoms with van der Waals surface area (Å²) in [5.41, 5.74) is 2.11. The molecule has 7 heteroatoms. The number of aromatic nitrogens is 3. The van der Waals surface area contributed by atoms with Gasteiger partial charge in [-0.05, 0) is 68.8 Å². The molecular weight excluding hydrogens is 372 g/mol. The first-order valence-corrected chi connectivity index (χ1v) is 10.7. The SMILES string of the molecule is Cc1ccsc1CN(C)Cc1nc(-c2cccnc2OC2CCCCC2)no1. The second kappa shape index (κ2) is 8.84. The summed E-state index contributed by atoms with van der Waals surface area (Å²) in [5.74, 6) is 1.73. The van der Waals surface area contributed by atoms with E-state index in [9.17, 15) is 0 Å². The molecule has 0 atom stereocenters. The van der Waals surface area contributed by atoms with E-state index in [0.717, 1.165) is 24.9 Å². The van der Waals surface area contributed by atoms with Gasteiger partial charge in [-0.3, -0.25) is 4.90 Å². The van der Waals surface area contributed by atoms with Crippen molar-refractivity contribution in [3.63, 3.8) is 0 Å². The molecule has 6 nitrogen and oxygen atoms in total. The van der Waals surface area contributed by atoms with Crippen LogP contribution in [0.3, 0.4) is 0 Å². The summed E-state index contributed by atoms with van der Waals surface area (Å²) in [4.78, 5) is 12.6. The summed E-state index contributed by atoms with van der Waals surface area (Å²) >= 11 is 1.78. The van der Waals surface area contributed by atoms with E-state index in [1.54, 1.807) is 17.5 Å². The van der Waals surface area contributed by atoms with Gasteiger partial charge in [0.05, 0.1) is 12.1 Å². The molecule has 148 valence electrons. The largest absolute Gasteiger partial charge is 0.474 e. The summed E-state index contributed by atoms with van der Waals surface area (Å²) < 4.78 is 11.7. The van der Waals surface area contributed by atoms with Crippen LogP contribution in [0.5, 0.6) is 5.88 Å². The number of nitrogens with zero attached hydrogens (tertiary/aromatic N) is 4. The number of hydrogen-bond donors (Lipinski definition) is 0. The highest BCUT2D eigenvalue weighted by atomic mass is 32.1. The van der Waals surface area contributed by atoms with Crippen molar-refractivity contribution >= 4 is 11.3 Å². The number of hydrogen-bond acceptors (Lipinski definition) is 7. The van der Waals surface area contributed by atoms with Crippen molar-refractivity contribution in [1.82, 2.24) is 20.0 Å². The molecule has 0 aliphatic heterocycles. The van der Waals surface area contributed by atoms with Gasteiger partial charge in [0.25, 0.3) is 0 Å². The standard InChI is InChI=1S/C21H26N4O2S/c1-15-10-12-28-18(15)13-25(2)14-19-23-20(24-27-19)17-9-6-11-22-21(17)26-16-7-4-3-5-8-16/h6,9-12,16H,3-5,7-8,13-14H2,1-2H3. The van der Waals surface area contributed by atoms with Crippen molar-refractivity contribution in [2.45, 2.75) is 58.2 Å². The molecule has 0 saturated heterocycles. The Bertz CT molecular complexity index is 901. The minimum Gasteiger partial charge on any atom is -0.474 e. The van der Waals surface area contributed by atoms with E-state index in [1.165, 1.54) is 29.7 Å². The number of rotatable bonds is 7. The molecule has 0 radical (unpaired) electrons. The fourth-order valence-electron chi connectivity index (χ4n) is 3.52. The highest BCUT2D eigenvalue weighted by Crippen LogP contribution is 2.29. The van der Waals surface area contributed by atoms with Crippen LogP contribution in [-0.4, -0.2) is 33.2 Å². The third-order valence-corrected chi connectivity index (χ3v) is 6.11. The Morgan fingerprint density at radius 2 is 2.07 bits per heavy atom. The minimum atomic E-state index is 0.231. The fraction of sp³-hybridized carbons (Fsp3) is 0.476. The van der Waals surface area contributed by atoms with Crippen molar-refractivity contribution < 1.29 is 9.26 Å². The minimum absolute atomic E-state index is 0.231. The smallest absolute Gasteiger partial charge is 0.241 e. The normalized spacial score (nSPS) is 15.2. The van der Waals surface area contributed by atoms with Gasteiger partial charge in [0, 0.05) is 17.6 Å². The fourth-order valence-corrected chi connectivity index (χ4v) is 4.51. The monoisotopic (exact) mass is 398 g/mol. The summed E-state index contributed by atoms with van der Waals surface area (Å²) in [6.07, 6.45) is 7.88. The van der Waals surface area contributed by atoms with Crippen LogP contribution in [0, 0.1) is 6.92 Å². The zero-order chi connectivity index (χ0) is 19.3. The van der Waals surface area contributed by atoms with E-state index >= 15 is 0 Å². The van der Waals surface area contributed by atoms with Crippen molar-refractivity contribution in [1.29, 1.82) is 0 Å². The van der Waals surface area contributed by atoms with Crippen LogP contribution in [0.1, 0.15) is 48.4 Å². The predicted octanol–water partition coefficient (Wildman–Crippen LogP) is 4.85. The molecule has 4 rings (SSSR count). The molecule has 0 unspecified atom stereocenters. The third-order valence-electron chi connectivity index (χ3n) is 5.10. The molecule has 3 aromatic rings. The predicted molar refractivity (Wildman–Crippen MR) is 109 cm³/mol. The Morgan fingerprint density at radius 1 is 1.21 bits per heavy atom. The zero-order valence-corrected chi connectivity index (χ0v) is 17.2. The van der Waals surface area contributed by atoms with Crippen LogP contribution in [-0.2, 0) is 13.1 Å². The molecule has 1 fully saturated rings. The molecule has 0 aromatic carbocycles. The summed E-state index contributed by atoms with van der Waals surface area (Å²) in [7, 11) is 2.06. The number of pyridine rings is 1. The molecule has 0 amide bonds. The van der Waals surface area contributed by atoms with Crippen LogP contribution in [0.2, 0.25) is 0 Å². The Hall–Kier alpha value is -2.25. The summed E-state index contributed by atoms with van der Waals surface area (Å²) in [5, 5.41) is 6.30. The maximum Gasteiger partial charge on any atom is 0.241 e. The van der Waals surface area contributed by atoms with Gasteiger partial charge in [-0.15, -0.1) is 11.3 Å². The summed E-state index contributed by atoms with van der Waals surface area (Å²) in [6, 6.07) is 5.97. The molecule has 3 heterocycles. The second-order valence-corrected chi connectivity index (χ2v) is 8.45. The van der Waals surface area contributed by atoms with E-state index in [1.807, 2.05) is 12.1 Å². The topological polar surface area (TPSA) is 64.3 Å². The van der Waals surface area contributed by atoms with Gasteiger partial charge in [-0.25, -0.2) is 4.98 Å². The molecule has 3 aromatic heterocycles. The first kappa shape index (κ1) is 19.1. The lowest BCUT2D eigenvalue weighted by Gasteiger charge is -2.22. The lowest BCUT2D eigenvalue weighted by atomic mass is 9.98. The molecule has 28 heavy (non-hydrogen) atoms. The van der Waals surface area contributed by atoms with Crippen LogP contribution in [0.15, 0.2) is 34.3 Å². The summed E-state index contributed by atoms with van der Waals surface area (Å²) in [6.45, 7) is 3.61. The molecule has 1 aliphatic carbocycles. The Balaban J connectivity index is 1.44. The van der Waals surface area contributed by atoms with Gasteiger partial charge in [0.2, 0.25) is 17.6 Å². The average Bonchev–Trinajstić information content (AvgIpc) is 3.32. The van der Waals surface area contributed by atoms with Crippen molar-refractivity contribution in [2.75, 3.05) is 7.05 Å². The first-order valence-electron chi connectivity index (χ1n) is 9.85. The molecule has 0 bridgehead atoms. The van der Waals surface area contributed by atoms with Crippen LogP contribution in [0.25, 0.3) is 11.4 Å². The van der Waals surface area contributed by atoms with Crippen molar-refractivity contribution in [2.24, 2.45) is 0 Å². The van der Waals surface area contributed by atoms with E-state index in [0.29, 0.717) is 24.1 Å². The Kier molecular flexibility index (Phi) is 6.02. The van der Waals surface area contributed by atoms with E-state index < -0.39 is 0 Å². The van der Waals surface area contributed by atoms with Gasteiger partial charge in [0.1, 0.15) is 6.10 Å². The highest BCUT2D eigenvalue weighted by Gasteiger charge is 2.20. The van der Waals surface area contributed by atoms with Crippen LogP contribution >= 0.6 is 11.3 Å². The van der Waals surface area contributed by atoms with Gasteiger partial charge in [-0.1, -0.05) is 11.6 Å². The molecule has 0 N–H and O–H groups in total. The second-order valence-electron chi connectivity index (χ2n) is 7.44. The highest BCUT2D eigenvalue weighted by molar-refractivity contribution is 7.10. The van der Waals surface area contributed by atoms with E-state index in [2.05, 4.69) is 45.4 Å². The number of aryl methyl sites for hydroxylation is 1. The maximum atomic E-state index is 6.17. The van der Waals surface area contributed by atoms with E-state index in [4.69, 9.17) is 9.26 Å². The molecule has 0 spiro atoms. The van der Waals surface area contributed by atoms with Crippen LogP contribution in [0.4, 0.5) is 0 Å². The maximum absolute atomic E-state index is 6.17. The first-order chi connectivity index (χ1) is 13.7. The molecular formula is C21H26N4O2S. The Morgan fingerprint density at radius 3 is 2.86 bits per heavy atom. The lowest BCUT2D eigenvalue weighted by Crippen LogP contribution is -2.20. The average molecular weight is 399 g/mol. The zero-order valence-electron chi connectivity index (χ0n) is 16.4. The number of thiophene rings is 1.